The van der Waals surface area contributed by atoms with Gasteiger partial charge in [-0.15, -0.1) is 0 Å². The molecule has 0 fully saturated rings. The van der Waals surface area contributed by atoms with Gasteiger partial charge in [0.1, 0.15) is 0 Å². The molecule has 0 aliphatic heterocycles. The lowest BCUT2D eigenvalue weighted by Gasteiger charge is -2.06. The molecule has 0 aromatic carbocycles. The monoisotopic (exact) mass is 254 g/mol. The van der Waals surface area contributed by atoms with Gasteiger partial charge in [0, 0.05) is 33.6 Å². The first-order valence-corrected chi connectivity index (χ1v) is 4.29. The molecule has 0 saturated heterocycles. The summed E-state index contributed by atoms with van der Waals surface area (Å²) in [5, 5.41) is 8.92. The summed E-state index contributed by atoms with van der Waals surface area (Å²) in [6, 6.07) is 0. The second kappa shape index (κ2) is 9.48. The molecule has 0 aromatic heterocycles. The van der Waals surface area contributed by atoms with Crippen molar-refractivity contribution in [2.24, 2.45) is 11.5 Å². The second-order valence-corrected chi connectivity index (χ2v) is 2.87. The number of hydrogen-bond acceptors (Lipinski definition) is 4. The van der Waals surface area contributed by atoms with E-state index in [1.807, 2.05) is 0 Å². The van der Waals surface area contributed by atoms with E-state index in [1.165, 1.54) is 0 Å². The molecule has 13 heavy (non-hydrogen) atoms. The largest absolute Gasteiger partial charge is 0.759 e. The van der Waals surface area contributed by atoms with Crippen LogP contribution in [0.4, 0.5) is 0 Å². The number of hydrogen-bond donors (Lipinski definition) is 4. The van der Waals surface area contributed by atoms with Gasteiger partial charge in [-0.05, 0) is 0 Å². The van der Waals surface area contributed by atoms with Gasteiger partial charge in [0.05, 0.1) is 0 Å². The van der Waals surface area contributed by atoms with Crippen LogP contribution in [-0.2, 0) is 10.4 Å². The van der Waals surface area contributed by atoms with Gasteiger partial charge in [-0.3, -0.25) is 30.7 Å². The molecule has 8 N–H and O–H groups in total. The summed E-state index contributed by atoms with van der Waals surface area (Å²) in [6.45, 7) is 0. The van der Waals surface area contributed by atoms with Crippen LogP contribution >= 0.6 is 23.2 Å². The minimum atomic E-state index is -5.17. The summed E-state index contributed by atoms with van der Waals surface area (Å²) in [6.07, 6.45) is 0. The maximum absolute atomic E-state index is 8.52. The lowest BCUT2D eigenvalue weighted by molar-refractivity contribution is -0.111. The topological polar surface area (TPSA) is 183 Å². The third-order valence-corrected chi connectivity index (χ3v) is 0. The van der Waals surface area contributed by atoms with Crippen LogP contribution < -0.4 is 22.3 Å². The first-order chi connectivity index (χ1) is 5.46. The Bertz CT molecular complexity index is 223. The molecule has 0 heterocycles. The maximum atomic E-state index is 8.52. The van der Waals surface area contributed by atoms with Gasteiger partial charge in [-0.2, -0.15) is 0 Å². The lowest BCUT2D eigenvalue weighted by Crippen LogP contribution is -2.41. The van der Waals surface area contributed by atoms with Gasteiger partial charge in [0.2, 0.25) is 0 Å². The molecular weight excluding hydrogens is 247 g/mol. The van der Waals surface area contributed by atoms with Gasteiger partial charge < -0.3 is 9.11 Å². The third kappa shape index (κ3) is 2700. The van der Waals surface area contributed by atoms with Crippen LogP contribution in [0.25, 0.3) is 0 Å². The lowest BCUT2D eigenvalue weighted by atomic mass is 11.4. The number of rotatable bonds is 0. The van der Waals surface area contributed by atoms with Crippen LogP contribution in [-0.4, -0.2) is 28.1 Å². The number of halogens is 2. The second-order valence-electron chi connectivity index (χ2n) is 1.18. The van der Waals surface area contributed by atoms with E-state index in [9.17, 15) is 0 Å². The van der Waals surface area contributed by atoms with Crippen LogP contribution in [0, 0.1) is 0 Å². The third-order valence-electron chi connectivity index (χ3n) is 0. The van der Waals surface area contributed by atoms with Gasteiger partial charge >= 0.3 is 10.6 Å². The van der Waals surface area contributed by atoms with E-state index in [4.69, 9.17) is 40.7 Å². The zero-order chi connectivity index (χ0) is 11.7. The van der Waals surface area contributed by atoms with E-state index < -0.39 is 10.4 Å². The van der Waals surface area contributed by atoms with Gasteiger partial charge in [0.25, 0.3) is 0 Å². The molecule has 0 unspecified atom stereocenters. The maximum Gasteiger partial charge on any atom is 0.336 e. The highest BCUT2D eigenvalue weighted by Gasteiger charge is 1.70. The summed E-state index contributed by atoms with van der Waals surface area (Å²) >= 11 is 9.49. The summed E-state index contributed by atoms with van der Waals surface area (Å²) in [5.74, 6) is 0. The van der Waals surface area contributed by atoms with Crippen molar-refractivity contribution >= 4 is 44.2 Å². The molecule has 0 saturated carbocycles. The van der Waals surface area contributed by atoms with E-state index in [2.05, 4.69) is 22.3 Å². The molecule has 8 nitrogen and oxygen atoms in total. The molecule has 0 aliphatic rings. The number of amidine groups is 2. The fourth-order valence-electron chi connectivity index (χ4n) is 0. The predicted molar refractivity (Wildman–Crippen MR) is 44.4 cm³/mol. The molecule has 0 radical (unpaired) electrons. The Kier molecular flexibility index (Phi) is 13.3. The quantitative estimate of drug-likeness (QED) is 0.111. The molecule has 0 rings (SSSR count). The van der Waals surface area contributed by atoms with E-state index in [0.717, 1.165) is 0 Å². The van der Waals surface area contributed by atoms with E-state index in [0.29, 0.717) is 0 Å². The van der Waals surface area contributed by atoms with Crippen molar-refractivity contribution in [1.29, 1.82) is 0 Å². The molecule has 0 aromatic rings. The zero-order valence-electron chi connectivity index (χ0n) is 6.11. The average molecular weight is 255 g/mol. The molecule has 0 spiro atoms. The van der Waals surface area contributed by atoms with Crippen LogP contribution in [0.3, 0.4) is 0 Å². The summed E-state index contributed by atoms with van der Waals surface area (Å²) in [4.78, 5) is 0. The van der Waals surface area contributed by atoms with E-state index in [-0.39, 0.29) is 10.6 Å². The first-order valence-electron chi connectivity index (χ1n) is 2.20. The summed E-state index contributed by atoms with van der Waals surface area (Å²) in [5.41, 5.74) is 9.14. The van der Waals surface area contributed by atoms with Crippen molar-refractivity contribution < 1.29 is 28.3 Å². The van der Waals surface area contributed by atoms with Crippen molar-refractivity contribution in [2.75, 3.05) is 0 Å². The molecule has 0 atom stereocenters. The van der Waals surface area contributed by atoms with Crippen LogP contribution in [0.2, 0.25) is 0 Å². The van der Waals surface area contributed by atoms with E-state index >= 15 is 0 Å². The number of nitrogens with two attached hydrogens (primary N) is 4. The SMILES string of the molecule is NC(=[NH2+])Cl.NC(=[NH2+])Cl.O=S(=O)([O-])[O-]. The molecular formula is C2H8Cl2N4O4S. The highest BCUT2D eigenvalue weighted by Crippen LogP contribution is 1.57. The van der Waals surface area contributed by atoms with Gasteiger partial charge in [-0.1, -0.05) is 0 Å². The average Bonchev–Trinajstić information content (AvgIpc) is 1.50. The fraction of sp³-hybridized carbons (Fsp3) is 0. The summed E-state index contributed by atoms with van der Waals surface area (Å²) in [7, 11) is -5.17. The predicted octanol–water partition coefficient (Wildman–Crippen LogP) is -4.74. The highest BCUT2D eigenvalue weighted by molar-refractivity contribution is 7.79. The van der Waals surface area contributed by atoms with Crippen molar-refractivity contribution in [3.8, 4) is 0 Å². The Morgan fingerprint density at radius 2 is 1.08 bits per heavy atom. The molecule has 0 bridgehead atoms. The van der Waals surface area contributed by atoms with Crippen molar-refractivity contribution in [3.05, 3.63) is 0 Å². The van der Waals surface area contributed by atoms with Crippen LogP contribution in [0.1, 0.15) is 0 Å². The molecule has 11 heteroatoms. The fourth-order valence-corrected chi connectivity index (χ4v) is 0. The normalized spacial score (nSPS) is 8.31. The molecule has 80 valence electrons. The Morgan fingerprint density at radius 3 is 1.08 bits per heavy atom. The minimum absolute atomic E-state index is 0.111. The Labute approximate surface area is 84.4 Å². The molecule has 0 aliphatic carbocycles. The summed E-state index contributed by atoms with van der Waals surface area (Å²) < 4.78 is 34.1. The van der Waals surface area contributed by atoms with Crippen molar-refractivity contribution in [3.63, 3.8) is 0 Å². The zero-order valence-corrected chi connectivity index (χ0v) is 8.43. The van der Waals surface area contributed by atoms with Crippen LogP contribution in [0.5, 0.6) is 0 Å². The van der Waals surface area contributed by atoms with Crippen molar-refractivity contribution in [1.82, 2.24) is 0 Å². The van der Waals surface area contributed by atoms with Crippen LogP contribution in [0.15, 0.2) is 0 Å². The van der Waals surface area contributed by atoms with Crippen molar-refractivity contribution in [2.45, 2.75) is 0 Å². The Morgan fingerprint density at radius 1 is 1.08 bits per heavy atom. The Hall–Kier alpha value is -0.610. The highest BCUT2D eigenvalue weighted by atomic mass is 35.5. The molecule has 0 amide bonds. The first kappa shape index (κ1) is 18.2. The minimum Gasteiger partial charge on any atom is -0.759 e. The van der Waals surface area contributed by atoms with Gasteiger partial charge in [0.15, 0.2) is 0 Å². The van der Waals surface area contributed by atoms with Gasteiger partial charge in [-0.25, -0.2) is 0 Å². The Balaban J connectivity index is -0.000000117. The van der Waals surface area contributed by atoms with E-state index in [1.54, 1.807) is 0 Å². The smallest absolute Gasteiger partial charge is 0.336 e. The standard InChI is InChI=1S/2CH3ClN2.H2O4S/c2*2-1(3)4;1-5(2,3)4/h2*(H3,3,4);(H2,1,2,3,4).